The normalized spacial score (nSPS) is 10.7. The number of nitrogens with two attached hydrogens (primary N) is 1. The van der Waals surface area contributed by atoms with Gasteiger partial charge in [-0.1, -0.05) is 0 Å². The lowest BCUT2D eigenvalue weighted by Gasteiger charge is -2.01. The maximum atomic E-state index is 13.1. The molecule has 0 saturated heterocycles. The van der Waals surface area contributed by atoms with Crippen LogP contribution in [-0.4, -0.2) is 16.7 Å². The topological polar surface area (TPSA) is 64.2 Å². The van der Waals surface area contributed by atoms with E-state index in [1.54, 1.807) is 6.07 Å². The molecule has 2 N–H and O–H groups in total. The van der Waals surface area contributed by atoms with E-state index in [0.717, 1.165) is 22.0 Å². The Morgan fingerprint density at radius 1 is 1.15 bits per heavy atom. The van der Waals surface area contributed by atoms with Gasteiger partial charge in [0.1, 0.15) is 22.2 Å². The summed E-state index contributed by atoms with van der Waals surface area (Å²) in [7, 11) is 0. The van der Waals surface area contributed by atoms with Gasteiger partial charge in [0.15, 0.2) is 0 Å². The Kier molecular flexibility index (Phi) is 3.29. The van der Waals surface area contributed by atoms with Gasteiger partial charge in [0, 0.05) is 22.0 Å². The summed E-state index contributed by atoms with van der Waals surface area (Å²) in [5.74, 6) is -0.357. The van der Waals surface area contributed by atoms with E-state index in [2.05, 4.69) is 21.7 Å². The smallest absolute Gasteiger partial charge is 0.209 e. The Balaban J connectivity index is 1.99. The molecule has 7 heteroatoms. The van der Waals surface area contributed by atoms with Crippen LogP contribution >= 0.6 is 22.7 Å². The molecule has 0 atom stereocenters. The first-order chi connectivity index (χ1) is 9.67. The van der Waals surface area contributed by atoms with E-state index >= 15 is 0 Å². The van der Waals surface area contributed by atoms with Gasteiger partial charge in [-0.15, -0.1) is 22.7 Å². The summed E-state index contributed by atoms with van der Waals surface area (Å²) in [5.41, 5.74) is 8.41. The molecule has 2 aromatic heterocycles. The fourth-order valence-electron chi connectivity index (χ4n) is 1.70. The zero-order valence-electron chi connectivity index (χ0n) is 10.2. The van der Waals surface area contributed by atoms with Crippen LogP contribution in [0.4, 0.5) is 15.2 Å². The van der Waals surface area contributed by atoms with Crippen LogP contribution in [0.2, 0.25) is 0 Å². The molecule has 0 unspecified atom stereocenters. The van der Waals surface area contributed by atoms with E-state index in [-0.39, 0.29) is 5.82 Å². The molecule has 0 fully saturated rings. The summed E-state index contributed by atoms with van der Waals surface area (Å²) in [5, 5.41) is 5.10. The standard InChI is InChI=1S/C13H9FN4S2/c1-16-13-18-11(6-20-13)10-5-19-12(17-10)8-3-2-7(14)4-9(8)15/h2-6H,1,15H2. The van der Waals surface area contributed by atoms with Crippen molar-refractivity contribution in [3.05, 3.63) is 34.8 Å². The SMILES string of the molecule is C=Nc1nc(-c2csc(-c3ccc(F)cc3N)n2)cs1. The number of nitrogens with zero attached hydrogens (tertiary/aromatic N) is 3. The van der Waals surface area contributed by atoms with Crippen molar-refractivity contribution < 1.29 is 4.39 Å². The first-order valence-corrected chi connectivity index (χ1v) is 7.37. The van der Waals surface area contributed by atoms with Crippen LogP contribution in [0.1, 0.15) is 0 Å². The maximum absolute atomic E-state index is 13.1. The molecule has 0 aliphatic carbocycles. The Hall–Kier alpha value is -2.12. The van der Waals surface area contributed by atoms with Crippen molar-refractivity contribution >= 4 is 40.2 Å². The zero-order valence-corrected chi connectivity index (χ0v) is 11.8. The highest BCUT2D eigenvalue weighted by Gasteiger charge is 2.12. The first kappa shape index (κ1) is 12.9. The lowest BCUT2D eigenvalue weighted by Crippen LogP contribution is -1.91. The van der Waals surface area contributed by atoms with Crippen LogP contribution < -0.4 is 5.73 Å². The van der Waals surface area contributed by atoms with Gasteiger partial charge >= 0.3 is 0 Å². The van der Waals surface area contributed by atoms with Crippen molar-refractivity contribution in [2.24, 2.45) is 4.99 Å². The third kappa shape index (κ3) is 2.33. The number of rotatable bonds is 3. The van der Waals surface area contributed by atoms with Crippen molar-refractivity contribution in [3.63, 3.8) is 0 Å². The molecule has 0 radical (unpaired) electrons. The fraction of sp³-hybridized carbons (Fsp3) is 0. The van der Waals surface area contributed by atoms with Gasteiger partial charge in [-0.25, -0.2) is 19.4 Å². The largest absolute Gasteiger partial charge is 0.398 e. The molecule has 0 amide bonds. The number of nitrogen functional groups attached to an aromatic ring is 1. The molecule has 4 nitrogen and oxygen atoms in total. The van der Waals surface area contributed by atoms with Gasteiger partial charge in [-0.2, -0.15) is 0 Å². The molecule has 0 aliphatic heterocycles. The molecular formula is C13H9FN4S2. The summed E-state index contributed by atoms with van der Waals surface area (Å²) < 4.78 is 13.1. The monoisotopic (exact) mass is 304 g/mol. The second kappa shape index (κ2) is 5.10. The number of aliphatic imine (C=N–C) groups is 1. The fourth-order valence-corrected chi connectivity index (χ4v) is 3.17. The number of hydrogen-bond acceptors (Lipinski definition) is 6. The Morgan fingerprint density at radius 3 is 2.60 bits per heavy atom. The predicted octanol–water partition coefficient (Wildman–Crippen LogP) is 3.99. The van der Waals surface area contributed by atoms with Crippen molar-refractivity contribution in [1.82, 2.24) is 9.97 Å². The van der Waals surface area contributed by atoms with Crippen molar-refractivity contribution in [1.29, 1.82) is 0 Å². The van der Waals surface area contributed by atoms with Crippen LogP contribution in [0.15, 0.2) is 34.0 Å². The van der Waals surface area contributed by atoms with Gasteiger partial charge < -0.3 is 5.73 Å². The van der Waals surface area contributed by atoms with E-state index in [4.69, 9.17) is 5.73 Å². The average Bonchev–Trinajstić information content (AvgIpc) is 3.07. The molecule has 0 bridgehead atoms. The second-order valence-electron chi connectivity index (χ2n) is 3.94. The molecule has 100 valence electrons. The van der Waals surface area contributed by atoms with E-state index in [1.807, 2.05) is 10.8 Å². The number of benzene rings is 1. The first-order valence-electron chi connectivity index (χ1n) is 5.61. The van der Waals surface area contributed by atoms with Gasteiger partial charge in [-0.05, 0) is 24.9 Å². The third-order valence-electron chi connectivity index (χ3n) is 2.64. The van der Waals surface area contributed by atoms with Gasteiger partial charge in [0.05, 0.1) is 0 Å². The van der Waals surface area contributed by atoms with E-state index in [0.29, 0.717) is 10.8 Å². The Bertz CT molecular complexity index is 778. The van der Waals surface area contributed by atoms with Gasteiger partial charge in [0.25, 0.3) is 0 Å². The summed E-state index contributed by atoms with van der Waals surface area (Å²) in [6.45, 7) is 3.44. The van der Waals surface area contributed by atoms with E-state index in [9.17, 15) is 4.39 Å². The summed E-state index contributed by atoms with van der Waals surface area (Å²) in [6.07, 6.45) is 0. The zero-order chi connectivity index (χ0) is 14.1. The Labute approximate surface area is 122 Å². The molecule has 0 saturated carbocycles. The van der Waals surface area contributed by atoms with Crippen LogP contribution in [0.5, 0.6) is 0 Å². The number of halogens is 1. The minimum absolute atomic E-state index is 0.357. The lowest BCUT2D eigenvalue weighted by atomic mass is 10.2. The van der Waals surface area contributed by atoms with E-state index < -0.39 is 0 Å². The second-order valence-corrected chi connectivity index (χ2v) is 5.64. The van der Waals surface area contributed by atoms with Crippen LogP contribution in [0.25, 0.3) is 22.0 Å². The molecular weight excluding hydrogens is 295 g/mol. The summed E-state index contributed by atoms with van der Waals surface area (Å²) in [6, 6.07) is 4.29. The summed E-state index contributed by atoms with van der Waals surface area (Å²) in [4.78, 5) is 12.5. The molecule has 1 aromatic carbocycles. The van der Waals surface area contributed by atoms with Crippen molar-refractivity contribution in [2.45, 2.75) is 0 Å². The lowest BCUT2D eigenvalue weighted by molar-refractivity contribution is 0.628. The summed E-state index contributed by atoms with van der Waals surface area (Å²) >= 11 is 2.84. The van der Waals surface area contributed by atoms with Gasteiger partial charge in [-0.3, -0.25) is 0 Å². The van der Waals surface area contributed by atoms with Crippen molar-refractivity contribution in [2.75, 3.05) is 5.73 Å². The predicted molar refractivity (Wildman–Crippen MR) is 82.2 cm³/mol. The Morgan fingerprint density at radius 2 is 1.90 bits per heavy atom. The number of thiazole rings is 2. The van der Waals surface area contributed by atoms with Crippen LogP contribution in [0, 0.1) is 5.82 Å². The molecule has 0 aliphatic rings. The highest BCUT2D eigenvalue weighted by Crippen LogP contribution is 2.33. The third-order valence-corrected chi connectivity index (χ3v) is 4.29. The number of hydrogen-bond donors (Lipinski definition) is 1. The molecule has 20 heavy (non-hydrogen) atoms. The molecule has 0 spiro atoms. The molecule has 2 heterocycles. The van der Waals surface area contributed by atoms with E-state index in [1.165, 1.54) is 34.8 Å². The quantitative estimate of drug-likeness (QED) is 0.588. The highest BCUT2D eigenvalue weighted by atomic mass is 32.1. The minimum atomic E-state index is -0.357. The maximum Gasteiger partial charge on any atom is 0.209 e. The van der Waals surface area contributed by atoms with Crippen LogP contribution in [-0.2, 0) is 0 Å². The van der Waals surface area contributed by atoms with Gasteiger partial charge in [0.2, 0.25) is 5.13 Å². The highest BCUT2D eigenvalue weighted by molar-refractivity contribution is 7.14. The molecule has 3 aromatic rings. The molecule has 3 rings (SSSR count). The van der Waals surface area contributed by atoms with Crippen LogP contribution in [0.3, 0.4) is 0 Å². The number of aromatic nitrogens is 2. The average molecular weight is 304 g/mol. The number of anilines is 1. The van der Waals surface area contributed by atoms with Crippen molar-refractivity contribution in [3.8, 4) is 22.0 Å². The minimum Gasteiger partial charge on any atom is -0.398 e.